The van der Waals surface area contributed by atoms with Gasteiger partial charge in [0.15, 0.2) is 5.78 Å². The lowest BCUT2D eigenvalue weighted by Gasteiger charge is -2.06. The second kappa shape index (κ2) is 8.06. The molecule has 0 fully saturated rings. The summed E-state index contributed by atoms with van der Waals surface area (Å²) in [6, 6.07) is 7.22. The normalized spacial score (nSPS) is 10.7. The van der Waals surface area contributed by atoms with Crippen LogP contribution in [-0.2, 0) is 18.4 Å². The van der Waals surface area contributed by atoms with E-state index in [4.69, 9.17) is 9.47 Å². The Hall–Kier alpha value is -2.45. The Bertz CT molecular complexity index is 1010. The summed E-state index contributed by atoms with van der Waals surface area (Å²) in [7, 11) is 3.31. The molecule has 2 aromatic heterocycles. The van der Waals surface area contributed by atoms with Crippen molar-refractivity contribution in [1.29, 1.82) is 0 Å². The molecule has 0 amide bonds. The number of Topliss-reactive ketones (excluding diaryl/α,β-unsaturated/α-hetero) is 1. The number of thiazole rings is 1. The van der Waals surface area contributed by atoms with Crippen molar-refractivity contribution in [3.05, 3.63) is 57.3 Å². The topological polar surface area (TPSA) is 70.4 Å². The van der Waals surface area contributed by atoms with E-state index in [9.17, 15) is 9.59 Å². The highest BCUT2D eigenvalue weighted by molar-refractivity contribution is 9.10. The number of carbonyl (C=O) groups is 2. The van der Waals surface area contributed by atoms with Crippen LogP contribution in [0.1, 0.15) is 33.5 Å². The summed E-state index contributed by atoms with van der Waals surface area (Å²) in [5.41, 5.74) is 2.31. The highest BCUT2D eigenvalue weighted by Crippen LogP contribution is 2.34. The Kier molecular flexibility index (Phi) is 5.76. The zero-order chi connectivity index (χ0) is 19.6. The summed E-state index contributed by atoms with van der Waals surface area (Å²) in [5.74, 6) is 0.119. The van der Waals surface area contributed by atoms with Crippen LogP contribution in [0.25, 0.3) is 10.6 Å². The third kappa shape index (κ3) is 4.28. The van der Waals surface area contributed by atoms with Crippen molar-refractivity contribution in [2.45, 2.75) is 13.5 Å². The fraction of sp³-hybridized carbons (Fsp3) is 0.211. The van der Waals surface area contributed by atoms with Gasteiger partial charge in [0.25, 0.3) is 0 Å². The van der Waals surface area contributed by atoms with Crippen LogP contribution in [0.3, 0.4) is 0 Å². The molecule has 0 spiro atoms. The van der Waals surface area contributed by atoms with E-state index in [1.54, 1.807) is 24.9 Å². The summed E-state index contributed by atoms with van der Waals surface area (Å²) in [5, 5.41) is 2.62. The maximum Gasteiger partial charge on any atom is 0.355 e. The Morgan fingerprint density at radius 3 is 2.74 bits per heavy atom. The molecule has 0 saturated carbocycles. The van der Waals surface area contributed by atoms with Gasteiger partial charge in [-0.2, -0.15) is 0 Å². The molecule has 3 rings (SSSR count). The Morgan fingerprint density at radius 2 is 2.07 bits per heavy atom. The third-order valence-corrected chi connectivity index (χ3v) is 5.33. The smallest absolute Gasteiger partial charge is 0.355 e. The number of halogens is 1. The number of ketones is 1. The summed E-state index contributed by atoms with van der Waals surface area (Å²) in [6.07, 6.45) is 1.61. The molecular formula is C19H17BrN2O4S. The number of methoxy groups -OCH3 is 1. The van der Waals surface area contributed by atoms with Gasteiger partial charge in [0.05, 0.1) is 18.4 Å². The molecule has 3 aromatic rings. The number of nitrogens with zero attached hydrogens (tertiary/aromatic N) is 2. The number of rotatable bonds is 6. The van der Waals surface area contributed by atoms with E-state index in [-0.39, 0.29) is 12.4 Å². The number of aromatic nitrogens is 2. The van der Waals surface area contributed by atoms with Gasteiger partial charge in [0.2, 0.25) is 0 Å². The molecule has 1 aromatic carbocycles. The lowest BCUT2D eigenvalue weighted by molar-refractivity contribution is 0.0457. The molecule has 6 nitrogen and oxygen atoms in total. The second-order valence-electron chi connectivity index (χ2n) is 5.85. The average Bonchev–Trinajstić information content (AvgIpc) is 3.26. The predicted molar refractivity (Wildman–Crippen MR) is 106 cm³/mol. The van der Waals surface area contributed by atoms with Crippen molar-refractivity contribution in [1.82, 2.24) is 9.55 Å². The van der Waals surface area contributed by atoms with Crippen LogP contribution >= 0.6 is 27.3 Å². The van der Waals surface area contributed by atoms with E-state index >= 15 is 0 Å². The van der Waals surface area contributed by atoms with E-state index in [0.717, 1.165) is 20.8 Å². The second-order valence-corrected chi connectivity index (χ2v) is 7.62. The first kappa shape index (κ1) is 19.3. The number of aryl methyl sites for hydroxylation is 1. The van der Waals surface area contributed by atoms with Crippen molar-refractivity contribution in [2.24, 2.45) is 7.05 Å². The minimum absolute atomic E-state index is 0.0479. The Balaban J connectivity index is 1.73. The van der Waals surface area contributed by atoms with Gasteiger partial charge in [-0.25, -0.2) is 9.78 Å². The lowest BCUT2D eigenvalue weighted by Crippen LogP contribution is -2.09. The molecule has 0 bridgehead atoms. The zero-order valence-corrected chi connectivity index (χ0v) is 17.4. The number of carbonyl (C=O) groups excluding carboxylic acids is 2. The van der Waals surface area contributed by atoms with Crippen molar-refractivity contribution in [2.75, 3.05) is 7.11 Å². The summed E-state index contributed by atoms with van der Waals surface area (Å²) < 4.78 is 13.2. The number of hydrogen-bond donors (Lipinski definition) is 0. The van der Waals surface area contributed by atoms with Gasteiger partial charge in [-0.05, 0) is 31.2 Å². The van der Waals surface area contributed by atoms with Crippen LogP contribution in [0.2, 0.25) is 0 Å². The molecular weight excluding hydrogens is 432 g/mol. The molecule has 0 atom stereocenters. The number of benzene rings is 1. The van der Waals surface area contributed by atoms with Crippen LogP contribution < -0.4 is 4.74 Å². The van der Waals surface area contributed by atoms with E-state index in [0.29, 0.717) is 17.0 Å². The number of hydrogen-bond acceptors (Lipinski definition) is 6. The molecule has 0 aliphatic carbocycles. The van der Waals surface area contributed by atoms with Gasteiger partial charge in [0, 0.05) is 28.7 Å². The predicted octanol–water partition coefficient (Wildman–Crippen LogP) is 4.48. The molecule has 0 unspecified atom stereocenters. The van der Waals surface area contributed by atoms with E-state index < -0.39 is 5.97 Å². The van der Waals surface area contributed by atoms with Gasteiger partial charge in [-0.15, -0.1) is 11.3 Å². The molecule has 140 valence electrons. The fourth-order valence-electron chi connectivity index (χ4n) is 2.52. The summed E-state index contributed by atoms with van der Waals surface area (Å²) >= 11 is 4.90. The fourth-order valence-corrected chi connectivity index (χ4v) is 3.70. The van der Waals surface area contributed by atoms with Crippen LogP contribution in [0.15, 0.2) is 40.3 Å². The molecule has 0 N–H and O–H groups in total. The summed E-state index contributed by atoms with van der Waals surface area (Å²) in [4.78, 5) is 28.3. The molecule has 0 radical (unpaired) electrons. The zero-order valence-electron chi connectivity index (χ0n) is 15.0. The molecule has 0 saturated heterocycles. The molecule has 0 aliphatic heterocycles. The molecule has 0 aliphatic rings. The van der Waals surface area contributed by atoms with Crippen LogP contribution in [0, 0.1) is 0 Å². The SMILES string of the molecule is COc1ccc(Br)cc1-c1nc(COC(=O)c2cc(C(C)=O)cn2C)cs1. The first-order chi connectivity index (χ1) is 12.9. The lowest BCUT2D eigenvalue weighted by atomic mass is 10.2. The first-order valence-electron chi connectivity index (χ1n) is 8.01. The van der Waals surface area contributed by atoms with Crippen LogP contribution in [-0.4, -0.2) is 28.4 Å². The van der Waals surface area contributed by atoms with Gasteiger partial charge < -0.3 is 14.0 Å². The minimum Gasteiger partial charge on any atom is -0.496 e. The van der Waals surface area contributed by atoms with Crippen molar-refractivity contribution < 1.29 is 19.1 Å². The first-order valence-corrected chi connectivity index (χ1v) is 9.69. The van der Waals surface area contributed by atoms with Crippen LogP contribution in [0.5, 0.6) is 5.75 Å². The average molecular weight is 449 g/mol. The summed E-state index contributed by atoms with van der Waals surface area (Å²) in [6.45, 7) is 1.50. The molecule has 27 heavy (non-hydrogen) atoms. The third-order valence-electron chi connectivity index (χ3n) is 3.92. The largest absolute Gasteiger partial charge is 0.496 e. The van der Waals surface area contributed by atoms with Gasteiger partial charge in [-0.1, -0.05) is 15.9 Å². The van der Waals surface area contributed by atoms with Crippen molar-refractivity contribution in [3.63, 3.8) is 0 Å². The van der Waals surface area contributed by atoms with Gasteiger partial charge in [0.1, 0.15) is 23.1 Å². The highest BCUT2D eigenvalue weighted by atomic mass is 79.9. The molecule has 2 heterocycles. The van der Waals surface area contributed by atoms with Gasteiger partial charge >= 0.3 is 5.97 Å². The standard InChI is InChI=1S/C19H17BrN2O4S/c1-11(23)12-6-16(22(2)8-12)19(24)26-9-14-10-27-18(21-14)15-7-13(20)4-5-17(15)25-3/h4-8,10H,9H2,1-3H3. The van der Waals surface area contributed by atoms with Crippen LogP contribution in [0.4, 0.5) is 0 Å². The van der Waals surface area contributed by atoms with E-state index in [1.807, 2.05) is 23.6 Å². The maximum atomic E-state index is 12.3. The van der Waals surface area contributed by atoms with Crippen molar-refractivity contribution in [3.8, 4) is 16.3 Å². The highest BCUT2D eigenvalue weighted by Gasteiger charge is 2.17. The Labute approximate surface area is 168 Å². The monoisotopic (exact) mass is 448 g/mol. The maximum absolute atomic E-state index is 12.3. The molecule has 8 heteroatoms. The number of esters is 1. The number of ether oxygens (including phenoxy) is 2. The minimum atomic E-state index is -0.500. The van der Waals surface area contributed by atoms with Crippen molar-refractivity contribution >= 4 is 39.0 Å². The van der Waals surface area contributed by atoms with Gasteiger partial charge in [-0.3, -0.25) is 4.79 Å². The quantitative estimate of drug-likeness (QED) is 0.410. The van der Waals surface area contributed by atoms with E-state index in [2.05, 4.69) is 20.9 Å². The Morgan fingerprint density at radius 1 is 1.30 bits per heavy atom. The van der Waals surface area contributed by atoms with E-state index in [1.165, 1.54) is 24.3 Å².